The number of halogens is 1. The normalized spacial score (nSPS) is 15.1. The van der Waals surface area contributed by atoms with Crippen molar-refractivity contribution in [1.82, 2.24) is 19.6 Å². The molecular weight excluding hydrogens is 371 g/mol. The van der Waals surface area contributed by atoms with E-state index in [1.54, 1.807) is 11.9 Å². The van der Waals surface area contributed by atoms with Gasteiger partial charge >= 0.3 is 0 Å². The Balaban J connectivity index is 1.50. The van der Waals surface area contributed by atoms with Crippen molar-refractivity contribution in [1.29, 1.82) is 0 Å². The van der Waals surface area contributed by atoms with E-state index in [-0.39, 0.29) is 11.1 Å². The number of carbonyl (C=O) groups excluding carboxylic acids is 1. The van der Waals surface area contributed by atoms with Crippen molar-refractivity contribution >= 4 is 16.8 Å². The average Bonchev–Trinajstić information content (AvgIpc) is 2.71. The van der Waals surface area contributed by atoms with Crippen LogP contribution in [0.4, 0.5) is 4.39 Å². The van der Waals surface area contributed by atoms with Crippen LogP contribution in [-0.2, 0) is 13.6 Å². The zero-order chi connectivity index (χ0) is 20.5. The average molecular weight is 394 g/mol. The van der Waals surface area contributed by atoms with Crippen LogP contribution in [0.1, 0.15) is 21.6 Å². The van der Waals surface area contributed by atoms with Gasteiger partial charge in [0.25, 0.3) is 5.91 Å². The zero-order valence-corrected chi connectivity index (χ0v) is 16.6. The van der Waals surface area contributed by atoms with Crippen molar-refractivity contribution in [3.63, 3.8) is 0 Å². The molecule has 0 saturated carbocycles. The molecule has 0 spiro atoms. The maximum Gasteiger partial charge on any atom is 0.278 e. The van der Waals surface area contributed by atoms with Crippen LogP contribution in [0.25, 0.3) is 10.9 Å². The summed E-state index contributed by atoms with van der Waals surface area (Å²) in [6, 6.07) is 12.3. The van der Waals surface area contributed by atoms with Crippen molar-refractivity contribution in [2.75, 3.05) is 26.2 Å². The predicted octanol–water partition coefficient (Wildman–Crippen LogP) is 2.34. The van der Waals surface area contributed by atoms with E-state index in [1.807, 2.05) is 0 Å². The molecule has 1 aliphatic heterocycles. The number of aromatic nitrogens is 2. The highest BCUT2D eigenvalue weighted by Crippen LogP contribution is 2.14. The van der Waals surface area contributed by atoms with Gasteiger partial charge in [0, 0.05) is 39.8 Å². The number of aryl methyl sites for hydroxylation is 2. The smallest absolute Gasteiger partial charge is 0.278 e. The minimum absolute atomic E-state index is 0.155. The fourth-order valence-corrected chi connectivity index (χ4v) is 3.82. The van der Waals surface area contributed by atoms with Gasteiger partial charge in [-0.25, -0.2) is 4.39 Å². The summed E-state index contributed by atoms with van der Waals surface area (Å²) in [5.74, 6) is -0.907. The lowest BCUT2D eigenvalue weighted by atomic mass is 10.1. The molecule has 2 aromatic carbocycles. The molecule has 7 heteroatoms. The Labute approximate surface area is 168 Å². The molecule has 6 nitrogen and oxygen atoms in total. The van der Waals surface area contributed by atoms with Crippen LogP contribution in [0.5, 0.6) is 0 Å². The van der Waals surface area contributed by atoms with Gasteiger partial charge in [-0.1, -0.05) is 29.8 Å². The van der Waals surface area contributed by atoms with E-state index in [0.29, 0.717) is 18.6 Å². The molecule has 0 N–H and O–H groups in total. The fourth-order valence-electron chi connectivity index (χ4n) is 3.82. The molecule has 2 heterocycles. The van der Waals surface area contributed by atoms with Gasteiger partial charge in [0.2, 0.25) is 5.43 Å². The number of hydrogen-bond donors (Lipinski definition) is 0. The maximum atomic E-state index is 13.6. The third-order valence-electron chi connectivity index (χ3n) is 5.37. The van der Waals surface area contributed by atoms with Crippen molar-refractivity contribution in [2.45, 2.75) is 13.5 Å². The fraction of sp³-hybridized carbons (Fsp3) is 0.318. The summed E-state index contributed by atoms with van der Waals surface area (Å²) >= 11 is 0. The first-order valence-corrected chi connectivity index (χ1v) is 9.66. The molecule has 0 atom stereocenters. The third kappa shape index (κ3) is 3.91. The maximum absolute atomic E-state index is 13.6. The van der Waals surface area contributed by atoms with Crippen LogP contribution in [-0.4, -0.2) is 51.7 Å². The van der Waals surface area contributed by atoms with E-state index in [2.05, 4.69) is 41.2 Å². The van der Waals surface area contributed by atoms with E-state index in [0.717, 1.165) is 25.7 Å². The van der Waals surface area contributed by atoms with Gasteiger partial charge in [-0.15, -0.1) is 0 Å². The first-order chi connectivity index (χ1) is 13.9. The topological polar surface area (TPSA) is 58.4 Å². The van der Waals surface area contributed by atoms with Crippen LogP contribution in [0.2, 0.25) is 0 Å². The summed E-state index contributed by atoms with van der Waals surface area (Å²) in [6.45, 7) is 5.40. The van der Waals surface area contributed by atoms with Crippen molar-refractivity contribution in [3.05, 3.63) is 75.3 Å². The van der Waals surface area contributed by atoms with Crippen molar-refractivity contribution in [3.8, 4) is 0 Å². The Morgan fingerprint density at radius 2 is 1.86 bits per heavy atom. The summed E-state index contributed by atoms with van der Waals surface area (Å²) in [6.07, 6.45) is 0. The number of rotatable bonds is 3. The number of piperazine rings is 1. The molecular formula is C22H23FN4O2. The Kier molecular flexibility index (Phi) is 5.15. The lowest BCUT2D eigenvalue weighted by Gasteiger charge is -2.34. The molecule has 0 unspecified atom stereocenters. The summed E-state index contributed by atoms with van der Waals surface area (Å²) < 4.78 is 15.1. The Morgan fingerprint density at radius 1 is 1.10 bits per heavy atom. The highest BCUT2D eigenvalue weighted by molar-refractivity contribution is 5.95. The lowest BCUT2D eigenvalue weighted by Crippen LogP contribution is -2.49. The van der Waals surface area contributed by atoms with Crippen LogP contribution < -0.4 is 5.43 Å². The van der Waals surface area contributed by atoms with Crippen LogP contribution >= 0.6 is 0 Å². The summed E-state index contributed by atoms with van der Waals surface area (Å²) in [7, 11) is 1.65. The molecule has 0 radical (unpaired) electrons. The Bertz CT molecular complexity index is 1130. The molecule has 1 saturated heterocycles. The monoisotopic (exact) mass is 394 g/mol. The van der Waals surface area contributed by atoms with E-state index in [9.17, 15) is 14.0 Å². The molecule has 0 bridgehead atoms. The van der Waals surface area contributed by atoms with Crippen LogP contribution in [0.15, 0.2) is 47.3 Å². The highest BCUT2D eigenvalue weighted by Gasteiger charge is 2.26. The summed E-state index contributed by atoms with van der Waals surface area (Å²) in [5.41, 5.74) is 2.29. The lowest BCUT2D eigenvalue weighted by molar-refractivity contribution is 0.0619. The first-order valence-electron chi connectivity index (χ1n) is 9.66. The van der Waals surface area contributed by atoms with Crippen LogP contribution in [0.3, 0.4) is 0 Å². The largest absolute Gasteiger partial charge is 0.335 e. The summed E-state index contributed by atoms with van der Waals surface area (Å²) in [5, 5.41) is 4.35. The molecule has 1 amide bonds. The first kappa shape index (κ1) is 19.3. The second kappa shape index (κ2) is 7.75. The minimum atomic E-state index is -0.523. The van der Waals surface area contributed by atoms with Gasteiger partial charge in [0.1, 0.15) is 5.82 Å². The molecule has 1 aliphatic rings. The van der Waals surface area contributed by atoms with Gasteiger partial charge in [-0.05, 0) is 30.7 Å². The second-order valence-electron chi connectivity index (χ2n) is 7.52. The molecule has 150 valence electrons. The second-order valence-corrected chi connectivity index (χ2v) is 7.52. The van der Waals surface area contributed by atoms with Crippen LogP contribution in [0, 0.1) is 12.7 Å². The number of benzene rings is 2. The molecule has 1 aromatic heterocycles. The highest BCUT2D eigenvalue weighted by atomic mass is 19.1. The van der Waals surface area contributed by atoms with E-state index in [4.69, 9.17) is 0 Å². The van der Waals surface area contributed by atoms with E-state index in [1.165, 1.54) is 27.9 Å². The number of carbonyl (C=O) groups is 1. The van der Waals surface area contributed by atoms with Gasteiger partial charge in [0.15, 0.2) is 5.69 Å². The number of fused-ring (bicyclic) bond motifs is 1. The van der Waals surface area contributed by atoms with Gasteiger partial charge in [0.05, 0.1) is 10.9 Å². The van der Waals surface area contributed by atoms with E-state index < -0.39 is 17.2 Å². The summed E-state index contributed by atoms with van der Waals surface area (Å²) in [4.78, 5) is 29.6. The molecule has 4 rings (SSSR count). The number of amides is 1. The molecule has 0 aliphatic carbocycles. The number of hydrogen-bond acceptors (Lipinski definition) is 4. The van der Waals surface area contributed by atoms with Crippen molar-refractivity contribution in [2.24, 2.45) is 7.05 Å². The minimum Gasteiger partial charge on any atom is -0.335 e. The van der Waals surface area contributed by atoms with E-state index >= 15 is 0 Å². The quantitative estimate of drug-likeness (QED) is 0.684. The predicted molar refractivity (Wildman–Crippen MR) is 109 cm³/mol. The van der Waals surface area contributed by atoms with Gasteiger partial charge < -0.3 is 4.90 Å². The molecule has 29 heavy (non-hydrogen) atoms. The number of nitrogens with zero attached hydrogens (tertiary/aromatic N) is 4. The van der Waals surface area contributed by atoms with Gasteiger partial charge in [-0.3, -0.25) is 19.2 Å². The van der Waals surface area contributed by atoms with Gasteiger partial charge in [-0.2, -0.15) is 5.10 Å². The third-order valence-corrected chi connectivity index (χ3v) is 5.37. The Hall–Kier alpha value is -3.06. The SMILES string of the molecule is Cc1cccc(CN2CCN(C(=O)c3nn(C)c4ccc(F)cc4c3=O)CC2)c1. The zero-order valence-electron chi connectivity index (χ0n) is 16.6. The molecule has 1 fully saturated rings. The van der Waals surface area contributed by atoms with Crippen molar-refractivity contribution < 1.29 is 9.18 Å². The molecule has 3 aromatic rings. The standard InChI is InChI=1S/C22H23FN4O2/c1-15-4-3-5-16(12-15)14-26-8-10-27(11-9-26)22(29)20-21(28)18-13-17(23)6-7-19(18)25(2)24-20/h3-7,12-13H,8-11,14H2,1-2H3. The Morgan fingerprint density at radius 3 is 2.59 bits per heavy atom.